The van der Waals surface area contributed by atoms with E-state index < -0.39 is 22.7 Å². The van der Waals surface area contributed by atoms with Crippen LogP contribution in [0.2, 0.25) is 0 Å². The van der Waals surface area contributed by atoms with E-state index in [-0.39, 0.29) is 5.56 Å². The van der Waals surface area contributed by atoms with E-state index in [0.29, 0.717) is 11.1 Å². The quantitative estimate of drug-likeness (QED) is 0.637. The summed E-state index contributed by atoms with van der Waals surface area (Å²) >= 11 is 1.18. The van der Waals surface area contributed by atoms with Crippen molar-refractivity contribution in [2.45, 2.75) is 17.2 Å². The fraction of sp³-hybridized carbons (Fsp3) is 0.154. The summed E-state index contributed by atoms with van der Waals surface area (Å²) in [4.78, 5) is 20.0. The van der Waals surface area contributed by atoms with Gasteiger partial charge in [-0.05, 0) is 19.1 Å². The Balaban J connectivity index is 2.15. The maximum absolute atomic E-state index is 13.5. The van der Waals surface area contributed by atoms with Gasteiger partial charge in [-0.1, -0.05) is 11.8 Å². The molecule has 0 amide bonds. The van der Waals surface area contributed by atoms with Crippen LogP contribution >= 0.6 is 11.8 Å². The third kappa shape index (κ3) is 3.35. The highest BCUT2D eigenvalue weighted by atomic mass is 32.2. The van der Waals surface area contributed by atoms with Gasteiger partial charge < -0.3 is 0 Å². The molecule has 1 aromatic carbocycles. The summed E-state index contributed by atoms with van der Waals surface area (Å²) in [5.41, 5.74) is -0.120. The number of ketones is 1. The first-order chi connectivity index (χ1) is 9.08. The predicted molar refractivity (Wildman–Crippen MR) is 68.0 cm³/mol. The lowest BCUT2D eigenvalue weighted by molar-refractivity contribution is 0.0990. The van der Waals surface area contributed by atoms with Crippen molar-refractivity contribution in [1.29, 1.82) is 0 Å². The zero-order valence-corrected chi connectivity index (χ0v) is 10.8. The number of hydrogen-bond acceptors (Lipinski definition) is 4. The van der Waals surface area contributed by atoms with Crippen molar-refractivity contribution < 1.29 is 13.6 Å². The van der Waals surface area contributed by atoms with E-state index in [9.17, 15) is 13.6 Å². The predicted octanol–water partition coefficient (Wildman–Crippen LogP) is 3.12. The molecule has 1 aromatic heterocycles. The van der Waals surface area contributed by atoms with Crippen LogP contribution in [0.4, 0.5) is 8.78 Å². The third-order valence-corrected chi connectivity index (χ3v) is 3.42. The van der Waals surface area contributed by atoms with Crippen molar-refractivity contribution in [3.8, 4) is 0 Å². The van der Waals surface area contributed by atoms with Crippen LogP contribution in [0.15, 0.2) is 41.8 Å². The van der Waals surface area contributed by atoms with Crippen molar-refractivity contribution in [3.05, 3.63) is 54.0 Å². The molecule has 2 aromatic rings. The average molecular weight is 280 g/mol. The molecule has 0 spiro atoms. The summed E-state index contributed by atoms with van der Waals surface area (Å²) < 4.78 is 26.3. The second-order valence-electron chi connectivity index (χ2n) is 3.79. The summed E-state index contributed by atoms with van der Waals surface area (Å²) in [7, 11) is 0. The average Bonchev–Trinajstić information content (AvgIpc) is 2.39. The number of halogens is 2. The maximum atomic E-state index is 13.5. The molecule has 0 fully saturated rings. The number of Topliss-reactive ketones (excluding diaryl/α,β-unsaturated/α-hetero) is 1. The van der Waals surface area contributed by atoms with Gasteiger partial charge in [0.25, 0.3) is 0 Å². The SMILES string of the molecule is CC(Sc1cnccn1)C(=O)c1ccc(F)cc1F. The summed E-state index contributed by atoms with van der Waals surface area (Å²) in [5.74, 6) is -1.96. The van der Waals surface area contributed by atoms with Crippen LogP contribution in [-0.4, -0.2) is 21.0 Å². The molecule has 0 aliphatic rings. The highest BCUT2D eigenvalue weighted by Crippen LogP contribution is 2.24. The van der Waals surface area contributed by atoms with Gasteiger partial charge in [-0.15, -0.1) is 0 Å². The zero-order valence-electron chi connectivity index (χ0n) is 10.0. The van der Waals surface area contributed by atoms with Gasteiger partial charge in [-0.25, -0.2) is 13.8 Å². The topological polar surface area (TPSA) is 42.9 Å². The molecule has 98 valence electrons. The number of rotatable bonds is 4. The van der Waals surface area contributed by atoms with Gasteiger partial charge >= 0.3 is 0 Å². The Bertz CT molecular complexity index is 592. The first-order valence-corrected chi connectivity index (χ1v) is 6.38. The molecule has 0 aliphatic carbocycles. The van der Waals surface area contributed by atoms with Crippen LogP contribution in [0.5, 0.6) is 0 Å². The lowest BCUT2D eigenvalue weighted by Crippen LogP contribution is -2.15. The first kappa shape index (κ1) is 13.6. The van der Waals surface area contributed by atoms with E-state index in [2.05, 4.69) is 9.97 Å². The number of benzene rings is 1. The minimum absolute atomic E-state index is 0.120. The van der Waals surface area contributed by atoms with Crippen LogP contribution in [0.25, 0.3) is 0 Å². The van der Waals surface area contributed by atoms with Crippen molar-refractivity contribution in [3.63, 3.8) is 0 Å². The Hall–Kier alpha value is -1.82. The van der Waals surface area contributed by atoms with Crippen LogP contribution in [-0.2, 0) is 0 Å². The largest absolute Gasteiger partial charge is 0.293 e. The monoisotopic (exact) mass is 280 g/mol. The molecular formula is C13H10F2N2OS. The Morgan fingerprint density at radius 3 is 2.74 bits per heavy atom. The Kier molecular flexibility index (Phi) is 4.21. The van der Waals surface area contributed by atoms with Gasteiger partial charge in [0.1, 0.15) is 16.7 Å². The minimum atomic E-state index is -0.850. The molecule has 0 saturated carbocycles. The van der Waals surface area contributed by atoms with Gasteiger partial charge in [0, 0.05) is 18.5 Å². The minimum Gasteiger partial charge on any atom is -0.293 e. The highest BCUT2D eigenvalue weighted by molar-refractivity contribution is 8.00. The lowest BCUT2D eigenvalue weighted by atomic mass is 10.1. The summed E-state index contributed by atoms with van der Waals surface area (Å²) in [6.07, 6.45) is 4.56. The van der Waals surface area contributed by atoms with Gasteiger partial charge in [0.2, 0.25) is 0 Å². The second kappa shape index (κ2) is 5.88. The standard InChI is InChI=1S/C13H10F2N2OS/c1-8(19-12-7-16-4-5-17-12)13(18)10-3-2-9(14)6-11(10)15/h2-8H,1H3. The van der Waals surface area contributed by atoms with E-state index in [1.807, 2.05) is 0 Å². The summed E-state index contributed by atoms with van der Waals surface area (Å²) in [5, 5.41) is 0.0440. The molecule has 6 heteroatoms. The second-order valence-corrected chi connectivity index (χ2v) is 5.15. The van der Waals surface area contributed by atoms with Crippen LogP contribution < -0.4 is 0 Å². The fourth-order valence-corrected chi connectivity index (χ4v) is 2.33. The molecule has 2 rings (SSSR count). The van der Waals surface area contributed by atoms with Gasteiger partial charge in [0.15, 0.2) is 5.78 Å². The lowest BCUT2D eigenvalue weighted by Gasteiger charge is -2.10. The fourth-order valence-electron chi connectivity index (χ4n) is 1.49. The third-order valence-electron chi connectivity index (χ3n) is 2.40. The van der Waals surface area contributed by atoms with E-state index >= 15 is 0 Å². The number of nitrogens with zero attached hydrogens (tertiary/aromatic N) is 2. The first-order valence-electron chi connectivity index (χ1n) is 5.50. The molecule has 0 saturated heterocycles. The molecule has 1 heterocycles. The van der Waals surface area contributed by atoms with Crippen LogP contribution in [0.1, 0.15) is 17.3 Å². The number of hydrogen-bond donors (Lipinski definition) is 0. The van der Waals surface area contributed by atoms with Crippen molar-refractivity contribution >= 4 is 17.5 Å². The summed E-state index contributed by atoms with van der Waals surface area (Å²) in [6, 6.07) is 2.92. The number of carbonyl (C=O) groups is 1. The molecule has 1 atom stereocenters. The molecule has 19 heavy (non-hydrogen) atoms. The highest BCUT2D eigenvalue weighted by Gasteiger charge is 2.20. The maximum Gasteiger partial charge on any atom is 0.178 e. The van der Waals surface area contributed by atoms with Gasteiger partial charge in [-0.2, -0.15) is 0 Å². The van der Waals surface area contributed by atoms with Crippen LogP contribution in [0.3, 0.4) is 0 Å². The molecule has 1 unspecified atom stereocenters. The smallest absolute Gasteiger partial charge is 0.178 e. The molecule has 0 N–H and O–H groups in total. The van der Waals surface area contributed by atoms with Gasteiger partial charge in [0.05, 0.1) is 17.0 Å². The normalized spacial score (nSPS) is 12.2. The van der Waals surface area contributed by atoms with Crippen LogP contribution in [0, 0.1) is 11.6 Å². The number of thioether (sulfide) groups is 1. The molecule has 0 bridgehead atoms. The number of aromatic nitrogens is 2. The van der Waals surface area contributed by atoms with Crippen molar-refractivity contribution in [1.82, 2.24) is 9.97 Å². The van der Waals surface area contributed by atoms with Gasteiger partial charge in [-0.3, -0.25) is 9.78 Å². The van der Waals surface area contributed by atoms with Crippen molar-refractivity contribution in [2.75, 3.05) is 0 Å². The Morgan fingerprint density at radius 2 is 2.11 bits per heavy atom. The Labute approximate surface area is 113 Å². The molecule has 0 aliphatic heterocycles. The van der Waals surface area contributed by atoms with E-state index in [1.54, 1.807) is 6.92 Å². The summed E-state index contributed by atoms with van der Waals surface area (Å²) in [6.45, 7) is 1.64. The van der Waals surface area contributed by atoms with E-state index in [1.165, 1.54) is 30.4 Å². The Morgan fingerprint density at radius 1 is 1.32 bits per heavy atom. The number of carbonyl (C=O) groups excluding carboxylic acids is 1. The molecular weight excluding hydrogens is 270 g/mol. The molecule has 3 nitrogen and oxygen atoms in total. The van der Waals surface area contributed by atoms with E-state index in [0.717, 1.165) is 12.1 Å². The zero-order chi connectivity index (χ0) is 13.8. The van der Waals surface area contributed by atoms with E-state index in [4.69, 9.17) is 0 Å². The molecule has 0 radical (unpaired) electrons. The van der Waals surface area contributed by atoms with Crippen molar-refractivity contribution in [2.24, 2.45) is 0 Å².